The lowest BCUT2D eigenvalue weighted by Gasteiger charge is -2.15. The van der Waals surface area contributed by atoms with E-state index in [1.807, 2.05) is 36.4 Å². The number of carbonyl (C=O) groups is 1. The van der Waals surface area contributed by atoms with Gasteiger partial charge in [-0.15, -0.1) is 0 Å². The summed E-state index contributed by atoms with van der Waals surface area (Å²) in [6.07, 6.45) is 1.78. The molecule has 0 aliphatic rings. The summed E-state index contributed by atoms with van der Waals surface area (Å²) in [5.74, 6) is -0.0192. The second-order valence-corrected chi connectivity index (χ2v) is 6.97. The largest absolute Gasteiger partial charge is 0.320 e. The van der Waals surface area contributed by atoms with Crippen LogP contribution in [0.3, 0.4) is 0 Å². The molecule has 5 nitrogen and oxygen atoms in total. The lowest BCUT2D eigenvalue weighted by Crippen LogP contribution is -2.28. The molecule has 27 heavy (non-hydrogen) atoms. The summed E-state index contributed by atoms with van der Waals surface area (Å²) in [6, 6.07) is 14.9. The Balaban J connectivity index is 2.07. The van der Waals surface area contributed by atoms with Crippen molar-refractivity contribution in [3.63, 3.8) is 0 Å². The number of carbonyl (C=O) groups excluding carboxylic acids is 1. The molecule has 140 valence electrons. The van der Waals surface area contributed by atoms with Gasteiger partial charge in [0.25, 0.3) is 11.5 Å². The number of benzene rings is 2. The van der Waals surface area contributed by atoms with Crippen LogP contribution in [0.15, 0.2) is 53.3 Å². The normalized spacial score (nSPS) is 11.1. The number of amides is 1. The second kappa shape index (κ2) is 8.16. The molecule has 1 heterocycles. The van der Waals surface area contributed by atoms with E-state index >= 15 is 0 Å². The lowest BCUT2D eigenvalue weighted by atomic mass is 10.0. The van der Waals surface area contributed by atoms with E-state index in [9.17, 15) is 9.59 Å². The molecule has 3 rings (SSSR count). The molecule has 2 aromatic carbocycles. The van der Waals surface area contributed by atoms with Crippen molar-refractivity contribution in [2.45, 2.75) is 46.1 Å². The van der Waals surface area contributed by atoms with Gasteiger partial charge in [0.1, 0.15) is 0 Å². The van der Waals surface area contributed by atoms with Gasteiger partial charge in [-0.2, -0.15) is 5.10 Å². The predicted molar refractivity (Wildman–Crippen MR) is 109 cm³/mol. The average Bonchev–Trinajstić information content (AvgIpc) is 2.68. The van der Waals surface area contributed by atoms with Gasteiger partial charge >= 0.3 is 0 Å². The van der Waals surface area contributed by atoms with E-state index in [1.165, 1.54) is 4.68 Å². The van der Waals surface area contributed by atoms with Crippen molar-refractivity contribution < 1.29 is 4.79 Å². The van der Waals surface area contributed by atoms with Gasteiger partial charge in [0, 0.05) is 17.6 Å². The molecule has 0 unspecified atom stereocenters. The zero-order chi connectivity index (χ0) is 19.4. The third kappa shape index (κ3) is 3.92. The monoisotopic (exact) mass is 363 g/mol. The quantitative estimate of drug-likeness (QED) is 0.697. The summed E-state index contributed by atoms with van der Waals surface area (Å²) in [5.41, 5.74) is 1.96. The molecule has 0 fully saturated rings. The molecule has 0 spiro atoms. The molecule has 1 N–H and O–H groups in total. The number of unbranched alkanes of at least 4 members (excludes halogenated alkanes) is 1. The number of hydrogen-bond donors (Lipinski definition) is 1. The van der Waals surface area contributed by atoms with Gasteiger partial charge in [0.15, 0.2) is 5.69 Å². The fraction of sp³-hybridized carbons (Fsp3) is 0.318. The highest BCUT2D eigenvalue weighted by atomic mass is 16.2. The molecule has 0 aliphatic carbocycles. The molecule has 1 aromatic heterocycles. The highest BCUT2D eigenvalue weighted by molar-refractivity contribution is 6.11. The minimum absolute atomic E-state index is 0.154. The summed E-state index contributed by atoms with van der Waals surface area (Å²) in [4.78, 5) is 25.7. The van der Waals surface area contributed by atoms with E-state index in [4.69, 9.17) is 0 Å². The third-order valence-corrected chi connectivity index (χ3v) is 4.64. The van der Waals surface area contributed by atoms with Gasteiger partial charge in [-0.25, -0.2) is 4.68 Å². The highest BCUT2D eigenvalue weighted by Gasteiger charge is 2.18. The number of anilines is 1. The maximum absolute atomic E-state index is 13.1. The summed E-state index contributed by atoms with van der Waals surface area (Å²) >= 11 is 0. The van der Waals surface area contributed by atoms with Crippen LogP contribution in [0.25, 0.3) is 10.8 Å². The zero-order valence-corrected chi connectivity index (χ0v) is 16.0. The summed E-state index contributed by atoms with van der Waals surface area (Å²) in [5, 5.41) is 8.48. The fourth-order valence-electron chi connectivity index (χ4n) is 3.16. The Morgan fingerprint density at radius 1 is 1.07 bits per heavy atom. The summed E-state index contributed by atoms with van der Waals surface area (Å²) in [6.45, 7) is 6.73. The van der Waals surface area contributed by atoms with Crippen LogP contribution in [0, 0.1) is 0 Å². The van der Waals surface area contributed by atoms with Crippen LogP contribution >= 0.6 is 0 Å². The first kappa shape index (κ1) is 18.8. The Bertz CT molecular complexity index is 1020. The SMILES string of the molecule is CCCCn1nc(C(=O)Nc2ccccc2C(C)C)c2ccccc2c1=O. The van der Waals surface area contributed by atoms with Crippen LogP contribution in [0.2, 0.25) is 0 Å². The second-order valence-electron chi connectivity index (χ2n) is 6.97. The number of hydrogen-bond acceptors (Lipinski definition) is 3. The number of aryl methyl sites for hydroxylation is 1. The smallest absolute Gasteiger partial charge is 0.276 e. The topological polar surface area (TPSA) is 64.0 Å². The number of fused-ring (bicyclic) bond motifs is 1. The summed E-state index contributed by atoms with van der Waals surface area (Å²) in [7, 11) is 0. The van der Waals surface area contributed by atoms with Crippen molar-refractivity contribution in [2.24, 2.45) is 0 Å². The molecule has 0 saturated heterocycles. The van der Waals surface area contributed by atoms with Crippen LogP contribution in [-0.2, 0) is 6.54 Å². The van der Waals surface area contributed by atoms with Crippen molar-refractivity contribution in [2.75, 3.05) is 5.32 Å². The van der Waals surface area contributed by atoms with E-state index in [-0.39, 0.29) is 23.1 Å². The molecule has 0 bridgehead atoms. The van der Waals surface area contributed by atoms with Crippen LogP contribution in [0.1, 0.15) is 55.6 Å². The number of nitrogens with one attached hydrogen (secondary N) is 1. The molecule has 0 radical (unpaired) electrons. The van der Waals surface area contributed by atoms with E-state index in [2.05, 4.69) is 31.2 Å². The standard InChI is InChI=1S/C22H25N3O2/c1-4-5-14-25-22(27)18-12-7-6-11-17(18)20(24-25)21(26)23-19-13-9-8-10-16(19)15(2)3/h6-13,15H,4-5,14H2,1-3H3,(H,23,26). The lowest BCUT2D eigenvalue weighted by molar-refractivity contribution is 0.102. The van der Waals surface area contributed by atoms with Crippen LogP contribution in [0.4, 0.5) is 5.69 Å². The molecule has 0 aliphatic heterocycles. The predicted octanol–water partition coefficient (Wildman–Crippen LogP) is 4.57. The first-order chi connectivity index (χ1) is 13.0. The van der Waals surface area contributed by atoms with Crippen molar-refractivity contribution in [3.05, 3.63) is 70.1 Å². The van der Waals surface area contributed by atoms with E-state index in [0.717, 1.165) is 24.1 Å². The number of nitrogens with zero attached hydrogens (tertiary/aromatic N) is 2. The average molecular weight is 363 g/mol. The van der Waals surface area contributed by atoms with Gasteiger partial charge < -0.3 is 5.32 Å². The van der Waals surface area contributed by atoms with Crippen LogP contribution in [-0.4, -0.2) is 15.7 Å². The van der Waals surface area contributed by atoms with Crippen molar-refractivity contribution in [3.8, 4) is 0 Å². The van der Waals surface area contributed by atoms with Crippen LogP contribution < -0.4 is 10.9 Å². The Labute approximate surface area is 159 Å². The van der Waals surface area contributed by atoms with Crippen molar-refractivity contribution in [1.82, 2.24) is 9.78 Å². The van der Waals surface area contributed by atoms with Gasteiger partial charge in [-0.1, -0.05) is 63.6 Å². The Kier molecular flexibility index (Phi) is 5.69. The van der Waals surface area contributed by atoms with Crippen molar-refractivity contribution in [1.29, 1.82) is 0 Å². The van der Waals surface area contributed by atoms with E-state index in [0.29, 0.717) is 17.3 Å². The Morgan fingerprint density at radius 3 is 2.44 bits per heavy atom. The zero-order valence-electron chi connectivity index (χ0n) is 16.0. The number of para-hydroxylation sites is 1. The molecule has 5 heteroatoms. The van der Waals surface area contributed by atoms with Gasteiger partial charge in [-0.05, 0) is 30.0 Å². The maximum Gasteiger partial charge on any atom is 0.276 e. The Hall–Kier alpha value is -2.95. The van der Waals surface area contributed by atoms with Gasteiger partial charge in [0.2, 0.25) is 0 Å². The van der Waals surface area contributed by atoms with Gasteiger partial charge in [0.05, 0.1) is 5.39 Å². The highest BCUT2D eigenvalue weighted by Crippen LogP contribution is 2.24. The first-order valence-electron chi connectivity index (χ1n) is 9.43. The third-order valence-electron chi connectivity index (χ3n) is 4.64. The maximum atomic E-state index is 13.1. The number of rotatable bonds is 6. The molecular weight excluding hydrogens is 338 g/mol. The number of aromatic nitrogens is 2. The fourth-order valence-corrected chi connectivity index (χ4v) is 3.16. The van der Waals surface area contributed by atoms with Crippen molar-refractivity contribution >= 4 is 22.4 Å². The molecular formula is C22H25N3O2. The van der Waals surface area contributed by atoms with E-state index < -0.39 is 0 Å². The minimum atomic E-state index is -0.301. The minimum Gasteiger partial charge on any atom is -0.320 e. The van der Waals surface area contributed by atoms with E-state index in [1.54, 1.807) is 12.1 Å². The molecule has 0 atom stereocenters. The first-order valence-corrected chi connectivity index (χ1v) is 9.43. The summed E-state index contributed by atoms with van der Waals surface area (Å²) < 4.78 is 1.41. The molecule has 0 saturated carbocycles. The molecule has 1 amide bonds. The molecule has 3 aromatic rings. The van der Waals surface area contributed by atoms with Gasteiger partial charge in [-0.3, -0.25) is 9.59 Å². The van der Waals surface area contributed by atoms with Crippen LogP contribution in [0.5, 0.6) is 0 Å². The Morgan fingerprint density at radius 2 is 1.74 bits per heavy atom.